The van der Waals surface area contributed by atoms with Crippen LogP contribution in [0.15, 0.2) is 22.7 Å². The van der Waals surface area contributed by atoms with Crippen molar-refractivity contribution in [1.29, 1.82) is 0 Å². The zero-order valence-electron chi connectivity index (χ0n) is 9.99. The summed E-state index contributed by atoms with van der Waals surface area (Å²) in [6, 6.07) is 6.07. The molecule has 2 rings (SSSR count). The maximum absolute atomic E-state index is 5.95. The van der Waals surface area contributed by atoms with Gasteiger partial charge in [-0.25, -0.2) is 0 Å². The molecule has 0 amide bonds. The minimum absolute atomic E-state index is 0.0448. The normalized spacial score (nSPS) is 19.0. The second-order valence-electron chi connectivity index (χ2n) is 4.41. The van der Waals surface area contributed by atoms with Crippen molar-refractivity contribution in [2.75, 3.05) is 13.2 Å². The van der Waals surface area contributed by atoms with Gasteiger partial charge in [0, 0.05) is 18.9 Å². The summed E-state index contributed by atoms with van der Waals surface area (Å²) in [5, 5.41) is 0. The van der Waals surface area contributed by atoms with Crippen LogP contribution >= 0.6 is 15.9 Å². The fourth-order valence-corrected chi connectivity index (χ4v) is 2.36. The Hall–Kier alpha value is -0.580. The molecule has 17 heavy (non-hydrogen) atoms. The molecule has 1 fully saturated rings. The fraction of sp³-hybridized carbons (Fsp3) is 0.538. The summed E-state index contributed by atoms with van der Waals surface area (Å²) >= 11 is 3.53. The van der Waals surface area contributed by atoms with Crippen molar-refractivity contribution in [2.24, 2.45) is 5.73 Å². The van der Waals surface area contributed by atoms with Crippen molar-refractivity contribution in [3.05, 3.63) is 28.2 Å². The second kappa shape index (κ2) is 5.85. The lowest BCUT2D eigenvalue weighted by Crippen LogP contribution is -2.26. The van der Waals surface area contributed by atoms with Crippen LogP contribution in [0.1, 0.15) is 31.4 Å². The Labute approximate surface area is 110 Å². The molecule has 3 nitrogen and oxygen atoms in total. The van der Waals surface area contributed by atoms with E-state index in [4.69, 9.17) is 15.2 Å². The molecule has 1 heterocycles. The quantitative estimate of drug-likeness (QED) is 0.933. The van der Waals surface area contributed by atoms with Gasteiger partial charge in [0.2, 0.25) is 0 Å². The summed E-state index contributed by atoms with van der Waals surface area (Å²) in [5.41, 5.74) is 6.95. The van der Waals surface area contributed by atoms with Crippen LogP contribution in [-0.4, -0.2) is 19.3 Å². The summed E-state index contributed by atoms with van der Waals surface area (Å²) < 4.78 is 12.2. The molecule has 1 atom stereocenters. The summed E-state index contributed by atoms with van der Waals surface area (Å²) in [7, 11) is 0. The standard InChI is InChI=1S/C13H18BrNO2/c1-9(15)10-2-3-13(12(14)8-10)17-11-4-6-16-7-5-11/h2-3,8-9,11H,4-7,15H2,1H3. The van der Waals surface area contributed by atoms with Crippen LogP contribution in [0.3, 0.4) is 0 Å². The molecule has 1 aliphatic rings. The molecule has 0 bridgehead atoms. The monoisotopic (exact) mass is 299 g/mol. The predicted octanol–water partition coefficient (Wildman–Crippen LogP) is 3.03. The summed E-state index contributed by atoms with van der Waals surface area (Å²) in [6.07, 6.45) is 2.18. The number of ether oxygens (including phenoxy) is 2. The minimum Gasteiger partial charge on any atom is -0.489 e. The van der Waals surface area contributed by atoms with Gasteiger partial charge in [0.15, 0.2) is 0 Å². The van der Waals surface area contributed by atoms with Crippen molar-refractivity contribution in [2.45, 2.75) is 31.9 Å². The summed E-state index contributed by atoms with van der Waals surface area (Å²) in [4.78, 5) is 0. The Balaban J connectivity index is 2.05. The van der Waals surface area contributed by atoms with Gasteiger partial charge in [-0.1, -0.05) is 6.07 Å². The lowest BCUT2D eigenvalue weighted by Gasteiger charge is -2.24. The van der Waals surface area contributed by atoms with Crippen LogP contribution in [0.4, 0.5) is 0 Å². The largest absolute Gasteiger partial charge is 0.489 e. The van der Waals surface area contributed by atoms with E-state index in [-0.39, 0.29) is 12.1 Å². The van der Waals surface area contributed by atoms with Gasteiger partial charge in [-0.05, 0) is 40.5 Å². The summed E-state index contributed by atoms with van der Waals surface area (Å²) in [6.45, 7) is 3.56. The molecule has 94 valence electrons. The first-order chi connectivity index (χ1) is 8.16. The Bertz CT molecular complexity index is 376. The van der Waals surface area contributed by atoms with Gasteiger partial charge in [0.1, 0.15) is 11.9 Å². The molecule has 1 aromatic rings. The number of halogens is 1. The highest BCUT2D eigenvalue weighted by atomic mass is 79.9. The van der Waals surface area contributed by atoms with Gasteiger partial charge in [-0.15, -0.1) is 0 Å². The van der Waals surface area contributed by atoms with Crippen molar-refractivity contribution in [3.63, 3.8) is 0 Å². The number of hydrogen-bond donors (Lipinski definition) is 1. The van der Waals surface area contributed by atoms with Gasteiger partial charge in [-0.2, -0.15) is 0 Å². The van der Waals surface area contributed by atoms with Crippen molar-refractivity contribution in [3.8, 4) is 5.75 Å². The van der Waals surface area contributed by atoms with E-state index in [1.54, 1.807) is 0 Å². The number of hydrogen-bond acceptors (Lipinski definition) is 3. The number of nitrogens with two attached hydrogens (primary N) is 1. The molecule has 0 aromatic heterocycles. The molecule has 1 saturated heterocycles. The van der Waals surface area contributed by atoms with Gasteiger partial charge in [0.25, 0.3) is 0 Å². The van der Waals surface area contributed by atoms with Crippen molar-refractivity contribution >= 4 is 15.9 Å². The zero-order chi connectivity index (χ0) is 12.3. The van der Waals surface area contributed by atoms with E-state index in [1.165, 1.54) is 0 Å². The Kier molecular flexibility index (Phi) is 4.42. The first-order valence-electron chi connectivity index (χ1n) is 5.96. The average molecular weight is 300 g/mol. The molecular weight excluding hydrogens is 282 g/mol. The van der Waals surface area contributed by atoms with E-state index in [1.807, 2.05) is 25.1 Å². The van der Waals surface area contributed by atoms with E-state index in [2.05, 4.69) is 15.9 Å². The van der Waals surface area contributed by atoms with Crippen LogP contribution < -0.4 is 10.5 Å². The topological polar surface area (TPSA) is 44.5 Å². The smallest absolute Gasteiger partial charge is 0.133 e. The molecule has 0 radical (unpaired) electrons. The highest BCUT2D eigenvalue weighted by molar-refractivity contribution is 9.10. The van der Waals surface area contributed by atoms with E-state index in [0.717, 1.165) is 41.8 Å². The molecule has 1 aliphatic heterocycles. The molecule has 1 aromatic carbocycles. The Morgan fingerprint density at radius 2 is 2.12 bits per heavy atom. The first kappa shape index (κ1) is 12.9. The molecule has 1 unspecified atom stereocenters. The molecule has 2 N–H and O–H groups in total. The first-order valence-corrected chi connectivity index (χ1v) is 6.75. The van der Waals surface area contributed by atoms with Crippen LogP contribution in [0.2, 0.25) is 0 Å². The highest BCUT2D eigenvalue weighted by Gasteiger charge is 2.16. The Morgan fingerprint density at radius 1 is 1.41 bits per heavy atom. The van der Waals surface area contributed by atoms with Crippen molar-refractivity contribution in [1.82, 2.24) is 0 Å². The second-order valence-corrected chi connectivity index (χ2v) is 5.26. The third kappa shape index (κ3) is 3.44. The average Bonchev–Trinajstić information content (AvgIpc) is 2.33. The zero-order valence-corrected chi connectivity index (χ0v) is 11.6. The van der Waals surface area contributed by atoms with E-state index in [9.17, 15) is 0 Å². The molecule has 0 spiro atoms. The van der Waals surface area contributed by atoms with Crippen LogP contribution in [0.5, 0.6) is 5.75 Å². The minimum atomic E-state index is 0.0448. The SMILES string of the molecule is CC(N)c1ccc(OC2CCOCC2)c(Br)c1. The predicted molar refractivity (Wildman–Crippen MR) is 71.2 cm³/mol. The van der Waals surface area contributed by atoms with Gasteiger partial charge < -0.3 is 15.2 Å². The fourth-order valence-electron chi connectivity index (χ4n) is 1.87. The third-order valence-corrected chi connectivity index (χ3v) is 3.56. The number of benzene rings is 1. The lowest BCUT2D eigenvalue weighted by atomic mass is 10.1. The lowest BCUT2D eigenvalue weighted by molar-refractivity contribution is 0.0252. The van der Waals surface area contributed by atoms with E-state index >= 15 is 0 Å². The molecular formula is C13H18BrNO2. The van der Waals surface area contributed by atoms with E-state index < -0.39 is 0 Å². The maximum atomic E-state index is 5.95. The van der Waals surface area contributed by atoms with Gasteiger partial charge in [-0.3, -0.25) is 0 Å². The van der Waals surface area contributed by atoms with Crippen LogP contribution in [0.25, 0.3) is 0 Å². The maximum Gasteiger partial charge on any atom is 0.133 e. The van der Waals surface area contributed by atoms with Crippen LogP contribution in [0, 0.1) is 0 Å². The number of rotatable bonds is 3. The van der Waals surface area contributed by atoms with E-state index in [0.29, 0.717) is 0 Å². The van der Waals surface area contributed by atoms with Gasteiger partial charge >= 0.3 is 0 Å². The molecule has 0 aliphatic carbocycles. The van der Waals surface area contributed by atoms with Gasteiger partial charge in [0.05, 0.1) is 17.7 Å². The molecule has 0 saturated carbocycles. The molecule has 4 heteroatoms. The summed E-state index contributed by atoms with van der Waals surface area (Å²) in [5.74, 6) is 0.890. The van der Waals surface area contributed by atoms with Crippen molar-refractivity contribution < 1.29 is 9.47 Å². The Morgan fingerprint density at radius 3 is 2.71 bits per heavy atom. The third-order valence-electron chi connectivity index (χ3n) is 2.94. The highest BCUT2D eigenvalue weighted by Crippen LogP contribution is 2.29. The van der Waals surface area contributed by atoms with Crippen LogP contribution in [-0.2, 0) is 4.74 Å².